The number of unbranched alkanes of at least 4 members (excludes halogenated alkanes) is 1. The number of rotatable bonds is 7. The summed E-state index contributed by atoms with van der Waals surface area (Å²) in [5.74, 6) is 0.699. The number of nitrogens with zero attached hydrogens (tertiary/aromatic N) is 3. The lowest BCUT2D eigenvalue weighted by atomic mass is 10.1. The van der Waals surface area contributed by atoms with E-state index < -0.39 is 0 Å². The SMILES string of the molecule is CCCCc1c(CN)nnn1CCC(C)C. The van der Waals surface area contributed by atoms with Crippen LogP contribution in [0.3, 0.4) is 0 Å². The van der Waals surface area contributed by atoms with Crippen LogP contribution in [0.5, 0.6) is 0 Å². The molecule has 1 aromatic rings. The summed E-state index contributed by atoms with van der Waals surface area (Å²) in [4.78, 5) is 0. The molecule has 0 spiro atoms. The molecule has 0 saturated heterocycles. The molecule has 0 aromatic carbocycles. The molecule has 4 nitrogen and oxygen atoms in total. The molecule has 0 saturated carbocycles. The molecule has 1 aromatic heterocycles. The third-order valence-electron chi connectivity index (χ3n) is 2.80. The van der Waals surface area contributed by atoms with Crippen LogP contribution in [0.1, 0.15) is 51.4 Å². The van der Waals surface area contributed by atoms with E-state index in [9.17, 15) is 0 Å². The lowest BCUT2D eigenvalue weighted by Gasteiger charge is -2.08. The highest BCUT2D eigenvalue weighted by Crippen LogP contribution is 2.11. The second-order valence-electron chi connectivity index (χ2n) is 4.70. The van der Waals surface area contributed by atoms with Gasteiger partial charge in [-0.2, -0.15) is 0 Å². The Bertz CT molecular complexity index is 304. The molecule has 2 N–H and O–H groups in total. The van der Waals surface area contributed by atoms with Crippen molar-refractivity contribution in [1.29, 1.82) is 0 Å². The molecule has 0 radical (unpaired) electrons. The van der Waals surface area contributed by atoms with Crippen LogP contribution in [0.25, 0.3) is 0 Å². The highest BCUT2D eigenvalue weighted by atomic mass is 15.4. The predicted octanol–water partition coefficient (Wildman–Crippen LogP) is 2.13. The fourth-order valence-electron chi connectivity index (χ4n) is 1.71. The van der Waals surface area contributed by atoms with Gasteiger partial charge in [-0.25, -0.2) is 4.68 Å². The number of aromatic nitrogens is 3. The van der Waals surface area contributed by atoms with Gasteiger partial charge in [-0.3, -0.25) is 0 Å². The molecule has 4 heteroatoms. The first kappa shape index (κ1) is 13.2. The van der Waals surface area contributed by atoms with Gasteiger partial charge in [0.15, 0.2) is 0 Å². The first-order valence-electron chi connectivity index (χ1n) is 6.30. The Hall–Kier alpha value is -0.900. The van der Waals surface area contributed by atoms with Crippen LogP contribution < -0.4 is 5.73 Å². The molecule has 0 atom stereocenters. The maximum atomic E-state index is 5.68. The number of nitrogens with two attached hydrogens (primary N) is 1. The molecule has 0 aliphatic carbocycles. The smallest absolute Gasteiger partial charge is 0.0994 e. The van der Waals surface area contributed by atoms with Crippen LogP contribution in [0.15, 0.2) is 0 Å². The van der Waals surface area contributed by atoms with Crippen molar-refractivity contribution in [3.63, 3.8) is 0 Å². The average molecular weight is 224 g/mol. The summed E-state index contributed by atoms with van der Waals surface area (Å²) in [6.07, 6.45) is 4.57. The van der Waals surface area contributed by atoms with Crippen molar-refractivity contribution in [3.8, 4) is 0 Å². The topological polar surface area (TPSA) is 56.7 Å². The fraction of sp³-hybridized carbons (Fsp3) is 0.833. The van der Waals surface area contributed by atoms with Gasteiger partial charge >= 0.3 is 0 Å². The Morgan fingerprint density at radius 3 is 2.69 bits per heavy atom. The van der Waals surface area contributed by atoms with Gasteiger partial charge in [0.1, 0.15) is 0 Å². The predicted molar refractivity (Wildman–Crippen MR) is 66.0 cm³/mol. The molecule has 0 unspecified atom stereocenters. The van der Waals surface area contributed by atoms with Crippen molar-refractivity contribution in [3.05, 3.63) is 11.4 Å². The van der Waals surface area contributed by atoms with Crippen molar-refractivity contribution >= 4 is 0 Å². The van der Waals surface area contributed by atoms with Gasteiger partial charge in [0, 0.05) is 13.1 Å². The zero-order valence-corrected chi connectivity index (χ0v) is 10.7. The van der Waals surface area contributed by atoms with E-state index in [4.69, 9.17) is 5.73 Å². The molecular formula is C12H24N4. The maximum Gasteiger partial charge on any atom is 0.0994 e. The lowest BCUT2D eigenvalue weighted by molar-refractivity contribution is 0.465. The van der Waals surface area contributed by atoms with E-state index in [1.165, 1.54) is 18.5 Å². The molecule has 0 amide bonds. The van der Waals surface area contributed by atoms with Crippen LogP contribution in [0, 0.1) is 5.92 Å². The van der Waals surface area contributed by atoms with Crippen molar-refractivity contribution in [2.45, 2.75) is 59.5 Å². The largest absolute Gasteiger partial charge is 0.325 e. The Morgan fingerprint density at radius 1 is 1.38 bits per heavy atom. The summed E-state index contributed by atoms with van der Waals surface area (Å²) >= 11 is 0. The number of hydrogen-bond donors (Lipinski definition) is 1. The third kappa shape index (κ3) is 3.59. The van der Waals surface area contributed by atoms with E-state index >= 15 is 0 Å². The number of aryl methyl sites for hydroxylation is 1. The van der Waals surface area contributed by atoms with Crippen molar-refractivity contribution < 1.29 is 0 Å². The standard InChI is InChI=1S/C12H24N4/c1-4-5-6-12-11(9-13)14-15-16(12)8-7-10(2)3/h10H,4-9,13H2,1-3H3. The second-order valence-corrected chi connectivity index (χ2v) is 4.70. The minimum atomic E-state index is 0.501. The summed E-state index contributed by atoms with van der Waals surface area (Å²) in [5.41, 5.74) is 7.89. The zero-order chi connectivity index (χ0) is 12.0. The normalized spacial score (nSPS) is 11.3. The average Bonchev–Trinajstić information content (AvgIpc) is 2.65. The van der Waals surface area contributed by atoms with Crippen LogP contribution in [-0.2, 0) is 19.5 Å². The van der Waals surface area contributed by atoms with Gasteiger partial charge in [-0.15, -0.1) is 5.10 Å². The number of hydrogen-bond acceptors (Lipinski definition) is 3. The van der Waals surface area contributed by atoms with Crippen molar-refractivity contribution in [2.24, 2.45) is 11.7 Å². The summed E-state index contributed by atoms with van der Waals surface area (Å²) in [6.45, 7) is 8.12. The van der Waals surface area contributed by atoms with Crippen LogP contribution in [0.4, 0.5) is 0 Å². The lowest BCUT2D eigenvalue weighted by Crippen LogP contribution is -2.09. The van der Waals surface area contributed by atoms with Gasteiger partial charge < -0.3 is 5.73 Å². The summed E-state index contributed by atoms with van der Waals surface area (Å²) in [5, 5.41) is 8.35. The molecule has 0 aliphatic rings. The first-order valence-corrected chi connectivity index (χ1v) is 6.30. The molecule has 16 heavy (non-hydrogen) atoms. The monoisotopic (exact) mass is 224 g/mol. The molecule has 0 fully saturated rings. The third-order valence-corrected chi connectivity index (χ3v) is 2.80. The Kier molecular flexibility index (Phi) is 5.46. The van der Waals surface area contributed by atoms with Crippen molar-refractivity contribution in [2.75, 3.05) is 0 Å². The van der Waals surface area contributed by atoms with Gasteiger partial charge in [0.25, 0.3) is 0 Å². The highest BCUT2D eigenvalue weighted by molar-refractivity contribution is 5.10. The van der Waals surface area contributed by atoms with E-state index in [1.54, 1.807) is 0 Å². The van der Waals surface area contributed by atoms with E-state index in [0.29, 0.717) is 12.5 Å². The summed E-state index contributed by atoms with van der Waals surface area (Å²) in [7, 11) is 0. The molecule has 1 rings (SSSR count). The molecule has 92 valence electrons. The Morgan fingerprint density at radius 2 is 2.12 bits per heavy atom. The Balaban J connectivity index is 2.70. The minimum Gasteiger partial charge on any atom is -0.325 e. The first-order chi connectivity index (χ1) is 7.69. The van der Waals surface area contributed by atoms with Gasteiger partial charge in [-0.1, -0.05) is 32.4 Å². The highest BCUT2D eigenvalue weighted by Gasteiger charge is 2.11. The fourth-order valence-corrected chi connectivity index (χ4v) is 1.71. The summed E-state index contributed by atoms with van der Waals surface area (Å²) in [6, 6.07) is 0. The molecule has 0 bridgehead atoms. The Labute approximate surface area is 98.2 Å². The summed E-state index contributed by atoms with van der Waals surface area (Å²) < 4.78 is 2.04. The van der Waals surface area contributed by atoms with Gasteiger partial charge in [0.05, 0.1) is 11.4 Å². The van der Waals surface area contributed by atoms with Gasteiger partial charge in [0.2, 0.25) is 0 Å². The minimum absolute atomic E-state index is 0.501. The molecule has 1 heterocycles. The van der Waals surface area contributed by atoms with Crippen molar-refractivity contribution in [1.82, 2.24) is 15.0 Å². The molecule has 0 aliphatic heterocycles. The van der Waals surface area contributed by atoms with Crippen LogP contribution >= 0.6 is 0 Å². The second kappa shape index (κ2) is 6.63. The maximum absolute atomic E-state index is 5.68. The van der Waals surface area contributed by atoms with E-state index in [2.05, 4.69) is 31.1 Å². The van der Waals surface area contributed by atoms with Crippen LogP contribution in [0.2, 0.25) is 0 Å². The van der Waals surface area contributed by atoms with E-state index in [0.717, 1.165) is 25.1 Å². The van der Waals surface area contributed by atoms with E-state index in [-0.39, 0.29) is 0 Å². The quantitative estimate of drug-likeness (QED) is 0.772. The molecular weight excluding hydrogens is 200 g/mol. The zero-order valence-electron chi connectivity index (χ0n) is 10.7. The van der Waals surface area contributed by atoms with Gasteiger partial charge in [-0.05, 0) is 25.2 Å². The van der Waals surface area contributed by atoms with Crippen LogP contribution in [-0.4, -0.2) is 15.0 Å². The van der Waals surface area contributed by atoms with E-state index in [1.807, 2.05) is 4.68 Å².